The molecule has 0 unspecified atom stereocenters. The Labute approximate surface area is 113 Å². The maximum atomic E-state index is 11.4. The molecular formula is C13H20ClN3O. The monoisotopic (exact) mass is 269 g/mol. The SMILES string of the molecule is CN(C)CCNC(=O)NCCc1ccc(Cl)cc1. The number of carbonyl (C=O) groups is 1. The van der Waals surface area contributed by atoms with Crippen molar-refractivity contribution in [1.29, 1.82) is 0 Å². The van der Waals surface area contributed by atoms with Crippen LogP contribution in [-0.2, 0) is 6.42 Å². The third-order valence-corrected chi connectivity index (χ3v) is 2.71. The number of carbonyl (C=O) groups excluding carboxylic acids is 1. The van der Waals surface area contributed by atoms with Crippen LogP contribution in [0.2, 0.25) is 5.02 Å². The molecule has 0 fully saturated rings. The van der Waals surface area contributed by atoms with Gasteiger partial charge in [-0.3, -0.25) is 0 Å². The molecule has 0 heterocycles. The molecule has 0 aliphatic heterocycles. The van der Waals surface area contributed by atoms with Crippen LogP contribution in [0.1, 0.15) is 5.56 Å². The standard InChI is InChI=1S/C13H20ClN3O/c1-17(2)10-9-16-13(18)15-8-7-11-3-5-12(14)6-4-11/h3-6H,7-10H2,1-2H3,(H2,15,16,18). The van der Waals surface area contributed by atoms with Gasteiger partial charge >= 0.3 is 6.03 Å². The molecule has 0 aliphatic rings. The number of nitrogens with one attached hydrogen (secondary N) is 2. The maximum Gasteiger partial charge on any atom is 0.314 e. The van der Waals surface area contributed by atoms with Crippen LogP contribution in [0.25, 0.3) is 0 Å². The van der Waals surface area contributed by atoms with Gasteiger partial charge in [0.25, 0.3) is 0 Å². The maximum absolute atomic E-state index is 11.4. The van der Waals surface area contributed by atoms with Crippen molar-refractivity contribution in [3.05, 3.63) is 34.9 Å². The molecule has 0 aliphatic carbocycles. The first-order valence-corrected chi connectivity index (χ1v) is 6.36. The quantitative estimate of drug-likeness (QED) is 0.826. The minimum atomic E-state index is -0.120. The lowest BCUT2D eigenvalue weighted by Crippen LogP contribution is -2.39. The number of benzene rings is 1. The van der Waals surface area contributed by atoms with E-state index in [2.05, 4.69) is 10.6 Å². The molecule has 0 aromatic heterocycles. The first-order chi connectivity index (χ1) is 8.58. The lowest BCUT2D eigenvalue weighted by molar-refractivity contribution is 0.239. The minimum Gasteiger partial charge on any atom is -0.338 e. The summed E-state index contributed by atoms with van der Waals surface area (Å²) in [4.78, 5) is 13.4. The Hall–Kier alpha value is -1.26. The van der Waals surface area contributed by atoms with Gasteiger partial charge < -0.3 is 15.5 Å². The van der Waals surface area contributed by atoms with E-state index in [0.717, 1.165) is 23.6 Å². The van der Waals surface area contributed by atoms with Gasteiger partial charge in [-0.2, -0.15) is 0 Å². The Kier molecular flexibility index (Phi) is 6.54. The topological polar surface area (TPSA) is 44.4 Å². The van der Waals surface area contributed by atoms with E-state index >= 15 is 0 Å². The molecule has 2 N–H and O–H groups in total. The second-order valence-corrected chi connectivity index (χ2v) is 4.80. The van der Waals surface area contributed by atoms with Gasteiger partial charge in [0, 0.05) is 24.7 Å². The van der Waals surface area contributed by atoms with Crippen LogP contribution < -0.4 is 10.6 Å². The lowest BCUT2D eigenvalue weighted by Gasteiger charge is -2.11. The van der Waals surface area contributed by atoms with E-state index in [4.69, 9.17) is 11.6 Å². The second kappa shape index (κ2) is 7.95. The summed E-state index contributed by atoms with van der Waals surface area (Å²) in [6, 6.07) is 7.52. The van der Waals surface area contributed by atoms with Crippen molar-refractivity contribution in [2.45, 2.75) is 6.42 Å². The zero-order valence-corrected chi connectivity index (χ0v) is 11.6. The number of halogens is 1. The van der Waals surface area contributed by atoms with Gasteiger partial charge in [-0.05, 0) is 38.2 Å². The van der Waals surface area contributed by atoms with E-state index in [1.807, 2.05) is 43.3 Å². The molecule has 2 amide bonds. The van der Waals surface area contributed by atoms with Crippen LogP contribution >= 0.6 is 11.6 Å². The molecule has 0 bridgehead atoms. The second-order valence-electron chi connectivity index (χ2n) is 4.36. The molecule has 0 spiro atoms. The van der Waals surface area contributed by atoms with Crippen LogP contribution in [0, 0.1) is 0 Å². The molecule has 18 heavy (non-hydrogen) atoms. The average molecular weight is 270 g/mol. The van der Waals surface area contributed by atoms with Crippen molar-refractivity contribution >= 4 is 17.6 Å². The summed E-state index contributed by atoms with van der Waals surface area (Å²) in [5.74, 6) is 0. The van der Waals surface area contributed by atoms with E-state index in [-0.39, 0.29) is 6.03 Å². The van der Waals surface area contributed by atoms with Crippen LogP contribution in [0.5, 0.6) is 0 Å². The molecule has 0 radical (unpaired) electrons. The number of hydrogen-bond acceptors (Lipinski definition) is 2. The zero-order valence-electron chi connectivity index (χ0n) is 10.9. The highest BCUT2D eigenvalue weighted by molar-refractivity contribution is 6.30. The Balaban J connectivity index is 2.13. The smallest absolute Gasteiger partial charge is 0.314 e. The normalized spacial score (nSPS) is 10.4. The molecule has 4 nitrogen and oxygen atoms in total. The summed E-state index contributed by atoms with van der Waals surface area (Å²) in [5, 5.41) is 6.34. The first kappa shape index (κ1) is 14.8. The third-order valence-electron chi connectivity index (χ3n) is 2.46. The highest BCUT2D eigenvalue weighted by Gasteiger charge is 1.99. The molecule has 100 valence electrons. The summed E-state index contributed by atoms with van der Waals surface area (Å²) in [6.07, 6.45) is 0.804. The number of likely N-dealkylation sites (N-methyl/N-ethyl adjacent to an activating group) is 1. The Morgan fingerprint density at radius 3 is 2.39 bits per heavy atom. The van der Waals surface area contributed by atoms with Crippen molar-refractivity contribution in [2.75, 3.05) is 33.7 Å². The van der Waals surface area contributed by atoms with Gasteiger partial charge in [0.15, 0.2) is 0 Å². The Morgan fingerprint density at radius 1 is 1.17 bits per heavy atom. The van der Waals surface area contributed by atoms with E-state index in [9.17, 15) is 4.79 Å². The molecule has 5 heteroatoms. The van der Waals surface area contributed by atoms with Crippen molar-refractivity contribution in [1.82, 2.24) is 15.5 Å². The fourth-order valence-electron chi connectivity index (χ4n) is 1.43. The van der Waals surface area contributed by atoms with Crippen molar-refractivity contribution in [3.63, 3.8) is 0 Å². The molecular weight excluding hydrogens is 250 g/mol. The van der Waals surface area contributed by atoms with Crippen molar-refractivity contribution in [2.24, 2.45) is 0 Å². The molecule has 0 saturated carbocycles. The summed E-state index contributed by atoms with van der Waals surface area (Å²) in [7, 11) is 3.94. The molecule has 1 aromatic carbocycles. The highest BCUT2D eigenvalue weighted by Crippen LogP contribution is 2.09. The number of nitrogens with zero attached hydrogens (tertiary/aromatic N) is 1. The predicted molar refractivity (Wildman–Crippen MR) is 75.1 cm³/mol. The Bertz CT molecular complexity index is 365. The van der Waals surface area contributed by atoms with Crippen LogP contribution in [0.4, 0.5) is 4.79 Å². The van der Waals surface area contributed by atoms with Gasteiger partial charge in [-0.15, -0.1) is 0 Å². The summed E-state index contributed by atoms with van der Waals surface area (Å²) in [6.45, 7) is 2.11. The summed E-state index contributed by atoms with van der Waals surface area (Å²) < 4.78 is 0. The van der Waals surface area contributed by atoms with E-state index in [1.165, 1.54) is 0 Å². The summed E-state index contributed by atoms with van der Waals surface area (Å²) in [5.41, 5.74) is 1.16. The van der Waals surface area contributed by atoms with Crippen LogP contribution in [0.15, 0.2) is 24.3 Å². The average Bonchev–Trinajstić information content (AvgIpc) is 2.31. The van der Waals surface area contributed by atoms with Crippen molar-refractivity contribution in [3.8, 4) is 0 Å². The summed E-state index contributed by atoms with van der Waals surface area (Å²) >= 11 is 5.80. The van der Waals surface area contributed by atoms with Gasteiger partial charge in [-0.1, -0.05) is 23.7 Å². The fraction of sp³-hybridized carbons (Fsp3) is 0.462. The number of rotatable bonds is 6. The van der Waals surface area contributed by atoms with Crippen LogP contribution in [-0.4, -0.2) is 44.7 Å². The number of urea groups is 1. The highest BCUT2D eigenvalue weighted by atomic mass is 35.5. The largest absolute Gasteiger partial charge is 0.338 e. The predicted octanol–water partition coefficient (Wildman–Crippen LogP) is 1.74. The van der Waals surface area contributed by atoms with Crippen LogP contribution in [0.3, 0.4) is 0 Å². The van der Waals surface area contributed by atoms with E-state index in [0.29, 0.717) is 13.1 Å². The molecule has 0 saturated heterocycles. The lowest BCUT2D eigenvalue weighted by atomic mass is 10.1. The molecule has 0 atom stereocenters. The third kappa shape index (κ3) is 6.47. The van der Waals surface area contributed by atoms with Gasteiger partial charge in [0.1, 0.15) is 0 Å². The van der Waals surface area contributed by atoms with E-state index in [1.54, 1.807) is 0 Å². The van der Waals surface area contributed by atoms with Gasteiger partial charge in [-0.25, -0.2) is 4.79 Å². The number of amides is 2. The number of hydrogen-bond donors (Lipinski definition) is 2. The fourth-order valence-corrected chi connectivity index (χ4v) is 1.55. The van der Waals surface area contributed by atoms with E-state index < -0.39 is 0 Å². The molecule has 1 rings (SSSR count). The zero-order chi connectivity index (χ0) is 13.4. The Morgan fingerprint density at radius 2 is 1.78 bits per heavy atom. The van der Waals surface area contributed by atoms with Gasteiger partial charge in [0.2, 0.25) is 0 Å². The molecule has 1 aromatic rings. The first-order valence-electron chi connectivity index (χ1n) is 5.99. The minimum absolute atomic E-state index is 0.120. The van der Waals surface area contributed by atoms with Gasteiger partial charge in [0.05, 0.1) is 0 Å². The van der Waals surface area contributed by atoms with Crippen molar-refractivity contribution < 1.29 is 4.79 Å².